The van der Waals surface area contributed by atoms with Gasteiger partial charge in [0.2, 0.25) is 0 Å². The van der Waals surface area contributed by atoms with E-state index in [9.17, 15) is 4.39 Å². The zero-order valence-corrected chi connectivity index (χ0v) is 12.8. The van der Waals surface area contributed by atoms with Gasteiger partial charge < -0.3 is 10.2 Å². The fourth-order valence-electron chi connectivity index (χ4n) is 2.79. The lowest BCUT2D eigenvalue weighted by atomic mass is 9.85. The highest BCUT2D eigenvalue weighted by Gasteiger charge is 2.22. The smallest absolute Gasteiger partial charge is 0.129 e. The average molecular weight is 278 g/mol. The maximum absolute atomic E-state index is 14.1. The minimum absolute atomic E-state index is 0.0850. The maximum atomic E-state index is 14.1. The van der Waals surface area contributed by atoms with Crippen molar-refractivity contribution in [3.05, 3.63) is 29.6 Å². The molecule has 0 atom stereocenters. The highest BCUT2D eigenvalue weighted by molar-refractivity contribution is 5.54. The second kappa shape index (κ2) is 7.63. The third-order valence-corrected chi connectivity index (χ3v) is 4.25. The average Bonchev–Trinajstić information content (AvgIpc) is 2.40. The minimum atomic E-state index is -0.0850. The molecule has 0 amide bonds. The van der Waals surface area contributed by atoms with Gasteiger partial charge in [-0.15, -0.1) is 0 Å². The lowest BCUT2D eigenvalue weighted by molar-refractivity contribution is 0.318. The van der Waals surface area contributed by atoms with Crippen LogP contribution in [0.1, 0.15) is 45.1 Å². The Balaban J connectivity index is 2.12. The van der Waals surface area contributed by atoms with Crippen molar-refractivity contribution in [1.29, 1.82) is 0 Å². The topological polar surface area (TPSA) is 15.3 Å². The van der Waals surface area contributed by atoms with E-state index in [4.69, 9.17) is 0 Å². The SMILES string of the molecule is CCCNCc1c(F)cccc1N(CC)CC1CCC1. The molecule has 0 heterocycles. The van der Waals surface area contributed by atoms with Crippen molar-refractivity contribution < 1.29 is 4.39 Å². The molecule has 0 spiro atoms. The molecule has 1 aromatic rings. The van der Waals surface area contributed by atoms with Gasteiger partial charge in [0, 0.05) is 30.9 Å². The first-order valence-electron chi connectivity index (χ1n) is 7.99. The van der Waals surface area contributed by atoms with Gasteiger partial charge in [0.15, 0.2) is 0 Å². The van der Waals surface area contributed by atoms with E-state index in [1.165, 1.54) is 19.3 Å². The highest BCUT2D eigenvalue weighted by Crippen LogP contribution is 2.30. The summed E-state index contributed by atoms with van der Waals surface area (Å²) in [7, 11) is 0. The number of benzene rings is 1. The van der Waals surface area contributed by atoms with E-state index in [1.807, 2.05) is 6.07 Å². The van der Waals surface area contributed by atoms with Crippen LogP contribution in [-0.2, 0) is 6.54 Å². The summed E-state index contributed by atoms with van der Waals surface area (Å²) in [4.78, 5) is 2.34. The summed E-state index contributed by atoms with van der Waals surface area (Å²) in [6.45, 7) is 7.86. The molecule has 1 fully saturated rings. The first kappa shape index (κ1) is 15.3. The van der Waals surface area contributed by atoms with Crippen molar-refractivity contribution in [2.75, 3.05) is 24.5 Å². The number of rotatable bonds is 8. The third-order valence-electron chi connectivity index (χ3n) is 4.25. The number of hydrogen-bond donors (Lipinski definition) is 1. The second-order valence-corrected chi connectivity index (χ2v) is 5.75. The molecule has 0 unspecified atom stereocenters. The molecule has 1 aliphatic rings. The summed E-state index contributed by atoms with van der Waals surface area (Å²) in [6.07, 6.45) is 5.09. The number of hydrogen-bond acceptors (Lipinski definition) is 2. The summed E-state index contributed by atoms with van der Waals surface area (Å²) < 4.78 is 14.1. The Labute approximate surface area is 122 Å². The lowest BCUT2D eigenvalue weighted by Crippen LogP contribution is -2.33. The molecule has 3 heteroatoms. The zero-order chi connectivity index (χ0) is 14.4. The van der Waals surface area contributed by atoms with Gasteiger partial charge in [0.1, 0.15) is 5.82 Å². The zero-order valence-electron chi connectivity index (χ0n) is 12.8. The van der Waals surface area contributed by atoms with Crippen molar-refractivity contribution >= 4 is 5.69 Å². The van der Waals surface area contributed by atoms with Crippen LogP contribution in [0.3, 0.4) is 0 Å². The van der Waals surface area contributed by atoms with Gasteiger partial charge in [-0.25, -0.2) is 4.39 Å². The summed E-state index contributed by atoms with van der Waals surface area (Å²) in [6, 6.07) is 5.47. The van der Waals surface area contributed by atoms with Crippen LogP contribution in [0.2, 0.25) is 0 Å². The summed E-state index contributed by atoms with van der Waals surface area (Å²) in [5.41, 5.74) is 1.89. The van der Waals surface area contributed by atoms with E-state index in [0.717, 1.165) is 43.2 Å². The van der Waals surface area contributed by atoms with E-state index in [2.05, 4.69) is 30.1 Å². The summed E-state index contributed by atoms with van der Waals surface area (Å²) in [5, 5.41) is 3.33. The molecule has 1 saturated carbocycles. The van der Waals surface area contributed by atoms with Crippen molar-refractivity contribution in [2.45, 2.75) is 46.1 Å². The molecule has 2 rings (SSSR count). The van der Waals surface area contributed by atoms with Crippen LogP contribution in [0.15, 0.2) is 18.2 Å². The number of anilines is 1. The normalized spacial score (nSPS) is 15.2. The van der Waals surface area contributed by atoms with Crippen molar-refractivity contribution in [2.24, 2.45) is 5.92 Å². The Morgan fingerprint density at radius 3 is 2.70 bits per heavy atom. The Morgan fingerprint density at radius 2 is 2.10 bits per heavy atom. The molecular formula is C17H27FN2. The molecular weight excluding hydrogens is 251 g/mol. The molecule has 1 aliphatic carbocycles. The van der Waals surface area contributed by atoms with Gasteiger partial charge in [0.05, 0.1) is 0 Å². The van der Waals surface area contributed by atoms with Gasteiger partial charge in [-0.05, 0) is 50.8 Å². The summed E-state index contributed by atoms with van der Waals surface area (Å²) in [5.74, 6) is 0.716. The van der Waals surface area contributed by atoms with E-state index in [0.29, 0.717) is 6.54 Å². The Hall–Kier alpha value is -1.09. The maximum Gasteiger partial charge on any atom is 0.129 e. The molecule has 1 N–H and O–H groups in total. The van der Waals surface area contributed by atoms with E-state index in [1.54, 1.807) is 6.07 Å². The quantitative estimate of drug-likeness (QED) is 0.724. The van der Waals surface area contributed by atoms with Crippen LogP contribution >= 0.6 is 0 Å². The van der Waals surface area contributed by atoms with Crippen LogP contribution in [0.25, 0.3) is 0 Å². The predicted molar refractivity (Wildman–Crippen MR) is 83.6 cm³/mol. The molecule has 0 aliphatic heterocycles. The molecule has 0 aromatic heterocycles. The largest absolute Gasteiger partial charge is 0.371 e. The van der Waals surface area contributed by atoms with Gasteiger partial charge in [-0.3, -0.25) is 0 Å². The van der Waals surface area contributed by atoms with Gasteiger partial charge >= 0.3 is 0 Å². The molecule has 0 saturated heterocycles. The number of nitrogens with one attached hydrogen (secondary N) is 1. The Kier molecular flexibility index (Phi) is 5.84. The van der Waals surface area contributed by atoms with Crippen LogP contribution in [0.4, 0.5) is 10.1 Å². The second-order valence-electron chi connectivity index (χ2n) is 5.75. The Morgan fingerprint density at radius 1 is 1.30 bits per heavy atom. The molecule has 1 aromatic carbocycles. The molecule has 2 nitrogen and oxygen atoms in total. The molecule has 112 valence electrons. The third kappa shape index (κ3) is 3.72. The van der Waals surface area contributed by atoms with Crippen molar-refractivity contribution in [1.82, 2.24) is 5.32 Å². The first-order valence-corrected chi connectivity index (χ1v) is 7.99. The summed E-state index contributed by atoms with van der Waals surface area (Å²) >= 11 is 0. The monoisotopic (exact) mass is 278 g/mol. The Bertz CT molecular complexity index is 415. The van der Waals surface area contributed by atoms with E-state index >= 15 is 0 Å². The highest BCUT2D eigenvalue weighted by atomic mass is 19.1. The van der Waals surface area contributed by atoms with Crippen LogP contribution in [0.5, 0.6) is 0 Å². The van der Waals surface area contributed by atoms with Crippen molar-refractivity contribution in [3.8, 4) is 0 Å². The van der Waals surface area contributed by atoms with Crippen molar-refractivity contribution in [3.63, 3.8) is 0 Å². The lowest BCUT2D eigenvalue weighted by Gasteiger charge is -2.34. The molecule has 0 radical (unpaired) electrons. The van der Waals surface area contributed by atoms with Crippen LogP contribution in [-0.4, -0.2) is 19.6 Å². The number of halogens is 1. The predicted octanol–water partition coefficient (Wildman–Crippen LogP) is 3.95. The van der Waals surface area contributed by atoms with Gasteiger partial charge in [-0.2, -0.15) is 0 Å². The fourth-order valence-corrected chi connectivity index (χ4v) is 2.79. The van der Waals surface area contributed by atoms with Gasteiger partial charge in [-0.1, -0.05) is 19.4 Å². The minimum Gasteiger partial charge on any atom is -0.371 e. The van der Waals surface area contributed by atoms with Crippen LogP contribution < -0.4 is 10.2 Å². The van der Waals surface area contributed by atoms with Gasteiger partial charge in [0.25, 0.3) is 0 Å². The fraction of sp³-hybridized carbons (Fsp3) is 0.647. The standard InChI is InChI=1S/C17H27FN2/c1-3-11-19-12-15-16(18)9-6-10-17(15)20(4-2)13-14-7-5-8-14/h6,9-10,14,19H,3-5,7-8,11-13H2,1-2H3. The number of nitrogens with zero attached hydrogens (tertiary/aromatic N) is 1. The van der Waals surface area contributed by atoms with E-state index < -0.39 is 0 Å². The van der Waals surface area contributed by atoms with Crippen LogP contribution in [0, 0.1) is 11.7 Å². The van der Waals surface area contributed by atoms with E-state index in [-0.39, 0.29) is 5.82 Å². The first-order chi connectivity index (χ1) is 9.76. The molecule has 20 heavy (non-hydrogen) atoms. The molecule has 0 bridgehead atoms.